The van der Waals surface area contributed by atoms with Gasteiger partial charge in [0.15, 0.2) is 0 Å². The number of hydrogen-bond acceptors (Lipinski definition) is 7. The van der Waals surface area contributed by atoms with E-state index in [0.29, 0.717) is 11.3 Å². The maximum atomic E-state index is 13.1. The number of amides is 2. The number of rotatable bonds is 9. The van der Waals surface area contributed by atoms with E-state index in [4.69, 9.17) is 4.74 Å². The van der Waals surface area contributed by atoms with E-state index in [9.17, 15) is 22.8 Å². The van der Waals surface area contributed by atoms with Crippen molar-refractivity contribution in [1.29, 1.82) is 0 Å². The van der Waals surface area contributed by atoms with Crippen LogP contribution in [-0.4, -0.2) is 73.4 Å². The Morgan fingerprint density at radius 2 is 1.81 bits per heavy atom. The maximum absolute atomic E-state index is 13.1. The van der Waals surface area contributed by atoms with Crippen molar-refractivity contribution in [3.8, 4) is 0 Å². The fourth-order valence-corrected chi connectivity index (χ4v) is 5.64. The van der Waals surface area contributed by atoms with Crippen LogP contribution in [0.15, 0.2) is 60.0 Å². The van der Waals surface area contributed by atoms with Crippen molar-refractivity contribution in [2.45, 2.75) is 24.6 Å². The number of ether oxygens (including phenoxy) is 1. The summed E-state index contributed by atoms with van der Waals surface area (Å²) >= 11 is 4.40. The van der Waals surface area contributed by atoms with Gasteiger partial charge in [-0.15, -0.1) is 0 Å². The Balaban J connectivity index is 1.63. The smallest absolute Gasteiger partial charge is 0.338 e. The molecule has 1 fully saturated rings. The first-order valence-corrected chi connectivity index (χ1v) is 13.4. The first kappa shape index (κ1) is 27.4. The molecule has 0 aliphatic carbocycles. The number of anilines is 1. The van der Waals surface area contributed by atoms with E-state index >= 15 is 0 Å². The van der Waals surface area contributed by atoms with E-state index in [2.05, 4.69) is 17.9 Å². The van der Waals surface area contributed by atoms with Crippen molar-refractivity contribution in [1.82, 2.24) is 9.21 Å². The van der Waals surface area contributed by atoms with Crippen LogP contribution >= 0.6 is 12.6 Å². The summed E-state index contributed by atoms with van der Waals surface area (Å²) in [4.78, 5) is 38.6. The summed E-state index contributed by atoms with van der Waals surface area (Å²) in [6.45, 7) is 1.78. The number of esters is 1. The number of benzene rings is 2. The first-order valence-electron chi connectivity index (χ1n) is 11.4. The van der Waals surface area contributed by atoms with Crippen LogP contribution in [0.1, 0.15) is 29.3 Å². The van der Waals surface area contributed by atoms with Gasteiger partial charge in [-0.05, 0) is 49.2 Å². The van der Waals surface area contributed by atoms with Gasteiger partial charge in [0.05, 0.1) is 18.7 Å². The summed E-state index contributed by atoms with van der Waals surface area (Å²) in [5, 5.41) is 3.44. The van der Waals surface area contributed by atoms with Crippen LogP contribution in [0.3, 0.4) is 0 Å². The van der Waals surface area contributed by atoms with Crippen molar-refractivity contribution in [2.24, 2.45) is 0 Å². The van der Waals surface area contributed by atoms with Crippen LogP contribution in [0.5, 0.6) is 0 Å². The second-order valence-corrected chi connectivity index (χ2v) is 10.8. The zero-order valence-corrected chi connectivity index (χ0v) is 21.7. The Labute approximate surface area is 216 Å². The quantitative estimate of drug-likeness (QED) is 0.380. The highest BCUT2D eigenvalue weighted by Gasteiger charge is 2.42. The van der Waals surface area contributed by atoms with Crippen LogP contribution in [0, 0.1) is 0 Å². The Hall–Kier alpha value is -3.15. The number of thiol groups is 1. The van der Waals surface area contributed by atoms with Crippen LogP contribution in [0.25, 0.3) is 6.08 Å². The molecule has 0 spiro atoms. The van der Waals surface area contributed by atoms with Gasteiger partial charge >= 0.3 is 5.97 Å². The first-order chi connectivity index (χ1) is 17.1. The third kappa shape index (κ3) is 7.19. The van der Waals surface area contributed by atoms with Crippen molar-refractivity contribution in [3.05, 3.63) is 71.1 Å². The highest BCUT2D eigenvalue weighted by molar-refractivity contribution is 7.92. The molecule has 0 saturated carbocycles. The van der Waals surface area contributed by atoms with Gasteiger partial charge in [-0.2, -0.15) is 16.9 Å². The topological polar surface area (TPSA) is 113 Å². The van der Waals surface area contributed by atoms with Crippen LogP contribution in [0.2, 0.25) is 0 Å². The highest BCUT2D eigenvalue weighted by atomic mass is 32.2. The molecule has 2 atom stereocenters. The van der Waals surface area contributed by atoms with E-state index in [-0.39, 0.29) is 31.4 Å². The van der Waals surface area contributed by atoms with Crippen LogP contribution in [-0.2, 0) is 24.3 Å². The van der Waals surface area contributed by atoms with Gasteiger partial charge in [-0.1, -0.05) is 30.3 Å². The monoisotopic (exact) mass is 531 g/mol. The summed E-state index contributed by atoms with van der Waals surface area (Å²) in [5.74, 6) is -1.41. The third-order valence-electron chi connectivity index (χ3n) is 5.51. The lowest BCUT2D eigenvalue weighted by Gasteiger charge is -2.26. The predicted molar refractivity (Wildman–Crippen MR) is 141 cm³/mol. The molecule has 192 valence electrons. The second-order valence-electron chi connectivity index (χ2n) is 8.27. The molecule has 1 heterocycles. The lowest BCUT2D eigenvalue weighted by atomic mass is 10.2. The minimum atomic E-state index is -3.89. The lowest BCUT2D eigenvalue weighted by Crippen LogP contribution is -2.47. The molecular weight excluding hydrogens is 502 g/mol. The van der Waals surface area contributed by atoms with Crippen molar-refractivity contribution in [3.63, 3.8) is 0 Å². The molecular formula is C25H29N3O6S2. The van der Waals surface area contributed by atoms with Crippen molar-refractivity contribution >= 4 is 52.2 Å². The predicted octanol–water partition coefficient (Wildman–Crippen LogP) is 2.63. The molecule has 11 heteroatoms. The molecule has 0 unspecified atom stereocenters. The summed E-state index contributed by atoms with van der Waals surface area (Å²) in [7, 11) is -2.45. The number of likely N-dealkylation sites (N-methyl/N-ethyl adjacent to an activating group) is 1. The number of nitrogens with one attached hydrogen (secondary N) is 1. The normalized spacial score (nSPS) is 18.2. The number of hydrogen-bond donors (Lipinski definition) is 2. The summed E-state index contributed by atoms with van der Waals surface area (Å²) in [5.41, 5.74) is 1.52. The van der Waals surface area contributed by atoms with E-state index < -0.39 is 33.8 Å². The van der Waals surface area contributed by atoms with Crippen molar-refractivity contribution in [2.75, 3.05) is 32.1 Å². The SMILES string of the molecule is CCOC(=O)c1ccc(NC(=O)CN(C)C(=O)[C@@H]2C[C@H](S)CN2S(=O)(=O)C=Cc2ccccc2)cc1. The Morgan fingerprint density at radius 3 is 2.44 bits per heavy atom. The van der Waals surface area contributed by atoms with Crippen LogP contribution in [0.4, 0.5) is 5.69 Å². The van der Waals surface area contributed by atoms with E-state index in [1.165, 1.54) is 30.2 Å². The van der Waals surface area contributed by atoms with Gasteiger partial charge in [-0.3, -0.25) is 9.59 Å². The minimum Gasteiger partial charge on any atom is -0.462 e. The van der Waals surface area contributed by atoms with E-state index in [1.54, 1.807) is 43.3 Å². The number of nitrogens with zero attached hydrogens (tertiary/aromatic N) is 2. The van der Waals surface area contributed by atoms with E-state index in [0.717, 1.165) is 15.3 Å². The standard InChI is InChI=1S/C25H29N3O6S2/c1-3-34-25(31)19-9-11-20(12-10-19)26-23(29)17-27(2)24(30)22-15-21(35)16-28(22)36(32,33)14-13-18-7-5-4-6-8-18/h4-14,21-22,35H,3,15-17H2,1-2H3,(H,26,29)/t21-,22-/m0/s1. The molecule has 36 heavy (non-hydrogen) atoms. The van der Waals surface area contributed by atoms with Gasteiger partial charge in [-0.25, -0.2) is 13.2 Å². The van der Waals surface area contributed by atoms with Gasteiger partial charge < -0.3 is 15.0 Å². The van der Waals surface area contributed by atoms with Gasteiger partial charge in [0.1, 0.15) is 6.04 Å². The molecule has 1 N–H and O–H groups in total. The average Bonchev–Trinajstić information content (AvgIpc) is 3.26. The third-order valence-corrected chi connectivity index (χ3v) is 7.43. The molecule has 2 aromatic rings. The molecule has 1 saturated heterocycles. The summed E-state index contributed by atoms with van der Waals surface area (Å²) in [6, 6.07) is 14.2. The van der Waals surface area contributed by atoms with Gasteiger partial charge in [0.2, 0.25) is 21.8 Å². The Bertz CT molecular complexity index is 1220. The Morgan fingerprint density at radius 1 is 1.14 bits per heavy atom. The number of carbonyl (C=O) groups is 3. The molecule has 3 rings (SSSR count). The van der Waals surface area contributed by atoms with E-state index in [1.807, 2.05) is 6.07 Å². The highest BCUT2D eigenvalue weighted by Crippen LogP contribution is 2.27. The van der Waals surface area contributed by atoms with Gasteiger partial charge in [0, 0.05) is 29.9 Å². The summed E-state index contributed by atoms with van der Waals surface area (Å²) in [6.07, 6.45) is 1.72. The molecule has 0 radical (unpaired) electrons. The fourth-order valence-electron chi connectivity index (χ4n) is 3.75. The fraction of sp³-hybridized carbons (Fsp3) is 0.320. The second kappa shape index (κ2) is 12.2. The lowest BCUT2D eigenvalue weighted by molar-refractivity contribution is -0.136. The van der Waals surface area contributed by atoms with Crippen LogP contribution < -0.4 is 5.32 Å². The van der Waals surface area contributed by atoms with Crippen molar-refractivity contribution < 1.29 is 27.5 Å². The zero-order valence-electron chi connectivity index (χ0n) is 20.0. The maximum Gasteiger partial charge on any atom is 0.338 e. The molecule has 9 nitrogen and oxygen atoms in total. The summed E-state index contributed by atoms with van der Waals surface area (Å²) < 4.78 is 32.0. The molecule has 0 aromatic heterocycles. The minimum absolute atomic E-state index is 0.0911. The molecule has 2 aromatic carbocycles. The zero-order chi connectivity index (χ0) is 26.3. The Kier molecular flexibility index (Phi) is 9.30. The number of sulfonamides is 1. The molecule has 0 bridgehead atoms. The molecule has 2 amide bonds. The largest absolute Gasteiger partial charge is 0.462 e. The molecule has 1 aliphatic rings. The average molecular weight is 532 g/mol. The van der Waals surface area contributed by atoms with Gasteiger partial charge in [0.25, 0.3) is 0 Å². The number of carbonyl (C=O) groups excluding carboxylic acids is 3. The molecule has 1 aliphatic heterocycles.